The second-order valence-electron chi connectivity index (χ2n) is 5.98. The van der Waals surface area contributed by atoms with Gasteiger partial charge in [0.1, 0.15) is 0 Å². The number of carbonyl (C=O) groups is 1. The Morgan fingerprint density at radius 3 is 2.68 bits per heavy atom. The first kappa shape index (κ1) is 19.5. The molecule has 3 aromatic rings. The lowest BCUT2D eigenvalue weighted by molar-refractivity contribution is 0.0950. The molecule has 0 atom stereocenters. The molecular formula is C20H20N4O3S. The van der Waals surface area contributed by atoms with E-state index in [2.05, 4.69) is 21.7 Å². The largest absolute Gasteiger partial charge is 0.348 e. The average Bonchev–Trinajstić information content (AvgIpc) is 3.20. The van der Waals surface area contributed by atoms with Gasteiger partial charge >= 0.3 is 0 Å². The molecule has 0 unspecified atom stereocenters. The van der Waals surface area contributed by atoms with Gasteiger partial charge in [-0.25, -0.2) is 17.8 Å². The normalized spacial score (nSPS) is 11.1. The summed E-state index contributed by atoms with van der Waals surface area (Å²) in [6, 6.07) is 15.5. The molecule has 0 radical (unpaired) electrons. The summed E-state index contributed by atoms with van der Waals surface area (Å²) in [7, 11) is -3.69. The Bertz CT molecular complexity index is 1080. The maximum Gasteiger partial charge on any atom is 0.251 e. The van der Waals surface area contributed by atoms with Crippen LogP contribution in [0.5, 0.6) is 0 Å². The molecule has 2 aromatic carbocycles. The third kappa shape index (κ3) is 4.73. The first-order chi connectivity index (χ1) is 13.5. The number of nitrogens with zero attached hydrogens (tertiary/aromatic N) is 2. The summed E-state index contributed by atoms with van der Waals surface area (Å²) in [6.07, 6.45) is 4.95. The fourth-order valence-corrected chi connectivity index (χ4v) is 3.56. The SMILES string of the molecule is C=CCNS(=O)(=O)c1cccc(C(=O)NCc2cnn(-c3ccccc3)c2)c1. The highest BCUT2D eigenvalue weighted by atomic mass is 32.2. The molecule has 8 heteroatoms. The van der Waals surface area contributed by atoms with E-state index in [4.69, 9.17) is 0 Å². The van der Waals surface area contributed by atoms with Crippen LogP contribution in [0.25, 0.3) is 5.69 Å². The van der Waals surface area contributed by atoms with Gasteiger partial charge in [-0.2, -0.15) is 5.10 Å². The third-order valence-corrected chi connectivity index (χ3v) is 5.36. The zero-order valence-electron chi connectivity index (χ0n) is 15.1. The number of aromatic nitrogens is 2. The highest BCUT2D eigenvalue weighted by Gasteiger charge is 2.15. The molecule has 7 nitrogen and oxygen atoms in total. The quantitative estimate of drug-likeness (QED) is 0.571. The number of benzene rings is 2. The molecule has 0 aliphatic rings. The van der Waals surface area contributed by atoms with Gasteiger partial charge in [-0.3, -0.25) is 4.79 Å². The molecule has 3 rings (SSSR count). The molecule has 0 spiro atoms. The molecule has 0 fully saturated rings. The van der Waals surface area contributed by atoms with E-state index in [0.29, 0.717) is 0 Å². The highest BCUT2D eigenvalue weighted by Crippen LogP contribution is 2.12. The number of hydrogen-bond acceptors (Lipinski definition) is 4. The molecule has 0 aliphatic carbocycles. The summed E-state index contributed by atoms with van der Waals surface area (Å²) in [4.78, 5) is 12.4. The Morgan fingerprint density at radius 2 is 1.93 bits per heavy atom. The monoisotopic (exact) mass is 396 g/mol. The van der Waals surface area contributed by atoms with Crippen molar-refractivity contribution < 1.29 is 13.2 Å². The molecule has 1 aromatic heterocycles. The van der Waals surface area contributed by atoms with Gasteiger partial charge in [0.05, 0.1) is 16.8 Å². The predicted octanol–water partition coefficient (Wildman–Crippen LogP) is 2.27. The lowest BCUT2D eigenvalue weighted by Gasteiger charge is -2.07. The lowest BCUT2D eigenvalue weighted by Crippen LogP contribution is -2.25. The molecule has 144 valence electrons. The standard InChI is InChI=1S/C20H20N4O3S/c1-2-11-23-28(26,27)19-10-6-7-17(12-19)20(25)21-13-16-14-22-24(15-16)18-8-4-3-5-9-18/h2-10,12,14-15,23H,1,11,13H2,(H,21,25). The predicted molar refractivity (Wildman–Crippen MR) is 107 cm³/mol. The fraction of sp³-hybridized carbons (Fsp3) is 0.100. The number of nitrogens with one attached hydrogen (secondary N) is 2. The van der Waals surface area contributed by atoms with Crippen molar-refractivity contribution in [2.75, 3.05) is 6.54 Å². The van der Waals surface area contributed by atoms with Gasteiger partial charge in [0, 0.05) is 30.4 Å². The molecule has 1 amide bonds. The topological polar surface area (TPSA) is 93.1 Å². The van der Waals surface area contributed by atoms with Crippen molar-refractivity contribution in [3.05, 3.63) is 90.8 Å². The summed E-state index contributed by atoms with van der Waals surface area (Å²) in [6.45, 7) is 3.87. The van der Waals surface area contributed by atoms with Crippen molar-refractivity contribution in [3.63, 3.8) is 0 Å². The van der Waals surface area contributed by atoms with Crippen LogP contribution in [0.1, 0.15) is 15.9 Å². The van der Waals surface area contributed by atoms with Gasteiger partial charge in [-0.1, -0.05) is 30.3 Å². The smallest absolute Gasteiger partial charge is 0.251 e. The van der Waals surface area contributed by atoms with Crippen molar-refractivity contribution in [2.45, 2.75) is 11.4 Å². The summed E-state index contributed by atoms with van der Waals surface area (Å²) in [5.74, 6) is -0.367. The van der Waals surface area contributed by atoms with Gasteiger partial charge in [-0.05, 0) is 30.3 Å². The number of rotatable bonds is 8. The Balaban J connectivity index is 1.67. The van der Waals surface area contributed by atoms with E-state index < -0.39 is 10.0 Å². The summed E-state index contributed by atoms with van der Waals surface area (Å²) >= 11 is 0. The van der Waals surface area contributed by atoms with E-state index in [1.54, 1.807) is 16.9 Å². The Hall–Kier alpha value is -3.23. The molecule has 0 saturated carbocycles. The van der Waals surface area contributed by atoms with Crippen molar-refractivity contribution in [3.8, 4) is 5.69 Å². The van der Waals surface area contributed by atoms with Crippen LogP contribution in [-0.2, 0) is 16.6 Å². The molecule has 1 heterocycles. The van der Waals surface area contributed by atoms with Gasteiger partial charge in [0.25, 0.3) is 5.91 Å². The molecule has 0 bridgehead atoms. The first-order valence-electron chi connectivity index (χ1n) is 8.57. The van der Waals surface area contributed by atoms with E-state index in [1.807, 2.05) is 36.5 Å². The van der Waals surface area contributed by atoms with Crippen molar-refractivity contribution in [2.24, 2.45) is 0 Å². The molecular weight excluding hydrogens is 376 g/mol. The number of carbonyl (C=O) groups excluding carboxylic acids is 1. The van der Waals surface area contributed by atoms with Crippen LogP contribution in [0.4, 0.5) is 0 Å². The van der Waals surface area contributed by atoms with Crippen LogP contribution in [0.2, 0.25) is 0 Å². The maximum atomic E-state index is 12.4. The number of hydrogen-bond donors (Lipinski definition) is 2. The van der Waals surface area contributed by atoms with Crippen LogP contribution in [-0.4, -0.2) is 30.7 Å². The summed E-state index contributed by atoms with van der Waals surface area (Å²) < 4.78 is 28.5. The maximum absolute atomic E-state index is 12.4. The van der Waals surface area contributed by atoms with Crippen LogP contribution >= 0.6 is 0 Å². The summed E-state index contributed by atoms with van der Waals surface area (Å²) in [5, 5.41) is 7.06. The van der Waals surface area contributed by atoms with Crippen molar-refractivity contribution in [1.29, 1.82) is 0 Å². The van der Waals surface area contributed by atoms with Crippen LogP contribution in [0.3, 0.4) is 0 Å². The molecule has 28 heavy (non-hydrogen) atoms. The number of para-hydroxylation sites is 1. The van der Waals surface area contributed by atoms with Crippen molar-refractivity contribution >= 4 is 15.9 Å². The second-order valence-corrected chi connectivity index (χ2v) is 7.75. The lowest BCUT2D eigenvalue weighted by atomic mass is 10.2. The zero-order chi connectivity index (χ0) is 20.0. The summed E-state index contributed by atoms with van der Waals surface area (Å²) in [5.41, 5.74) is 2.01. The van der Waals surface area contributed by atoms with Crippen LogP contribution in [0.15, 0.2) is 84.5 Å². The third-order valence-electron chi connectivity index (χ3n) is 3.93. The van der Waals surface area contributed by atoms with Crippen molar-refractivity contribution in [1.82, 2.24) is 19.8 Å². The zero-order valence-corrected chi connectivity index (χ0v) is 15.9. The van der Waals surface area contributed by atoms with E-state index in [0.717, 1.165) is 11.3 Å². The average molecular weight is 396 g/mol. The van der Waals surface area contributed by atoms with Crippen LogP contribution < -0.4 is 10.0 Å². The van der Waals surface area contributed by atoms with E-state index in [9.17, 15) is 13.2 Å². The Morgan fingerprint density at radius 1 is 1.14 bits per heavy atom. The van der Waals surface area contributed by atoms with Gasteiger partial charge in [0.15, 0.2) is 0 Å². The number of sulfonamides is 1. The molecule has 0 aliphatic heterocycles. The van der Waals surface area contributed by atoms with Gasteiger partial charge in [0.2, 0.25) is 10.0 Å². The van der Waals surface area contributed by atoms with Gasteiger partial charge < -0.3 is 5.32 Å². The highest BCUT2D eigenvalue weighted by molar-refractivity contribution is 7.89. The minimum atomic E-state index is -3.69. The minimum Gasteiger partial charge on any atom is -0.348 e. The second kappa shape index (κ2) is 8.64. The molecule has 0 saturated heterocycles. The van der Waals surface area contributed by atoms with E-state index in [1.165, 1.54) is 24.3 Å². The minimum absolute atomic E-state index is 0.0268. The van der Waals surface area contributed by atoms with E-state index >= 15 is 0 Å². The van der Waals surface area contributed by atoms with Gasteiger partial charge in [-0.15, -0.1) is 6.58 Å². The molecule has 2 N–H and O–H groups in total. The Labute approximate surface area is 163 Å². The first-order valence-corrected chi connectivity index (χ1v) is 10.1. The number of amides is 1. The Kier molecular flexibility index (Phi) is 6.03. The fourth-order valence-electron chi connectivity index (χ4n) is 2.51. The van der Waals surface area contributed by atoms with E-state index in [-0.39, 0.29) is 29.5 Å². The van der Waals surface area contributed by atoms with Crippen LogP contribution in [0, 0.1) is 0 Å².